The van der Waals surface area contributed by atoms with Gasteiger partial charge in [-0.25, -0.2) is 0 Å². The molecule has 2 aromatic rings. The van der Waals surface area contributed by atoms with Crippen molar-refractivity contribution in [3.8, 4) is 0 Å². The van der Waals surface area contributed by atoms with Gasteiger partial charge in [0.25, 0.3) is 5.91 Å². The van der Waals surface area contributed by atoms with Crippen molar-refractivity contribution in [1.82, 2.24) is 5.32 Å². The molecule has 0 saturated heterocycles. The summed E-state index contributed by atoms with van der Waals surface area (Å²) in [6.07, 6.45) is 0. The Hall–Kier alpha value is -1.07. The van der Waals surface area contributed by atoms with Crippen molar-refractivity contribution in [2.75, 3.05) is 0 Å². The van der Waals surface area contributed by atoms with E-state index in [9.17, 15) is 4.79 Å². The van der Waals surface area contributed by atoms with E-state index in [0.29, 0.717) is 10.6 Å². The molecule has 2 rings (SSSR count). The summed E-state index contributed by atoms with van der Waals surface area (Å²) in [6.45, 7) is 1.92. The van der Waals surface area contributed by atoms with E-state index in [1.54, 1.807) is 0 Å². The molecule has 4 heteroatoms. The summed E-state index contributed by atoms with van der Waals surface area (Å²) in [5.74, 6) is -0.0937. The lowest BCUT2D eigenvalue weighted by Gasteiger charge is -2.15. The van der Waals surface area contributed by atoms with E-state index >= 15 is 0 Å². The maximum Gasteiger partial charge on any atom is 0.251 e. The zero-order valence-corrected chi connectivity index (χ0v) is 13.3. The highest BCUT2D eigenvalue weighted by molar-refractivity contribution is 14.1. The SMILES string of the molecule is CC(NC(=O)c1ccc(I)cc1)c1ccccc1Cl. The number of hydrogen-bond acceptors (Lipinski definition) is 1. The van der Waals surface area contributed by atoms with Crippen LogP contribution in [0.2, 0.25) is 5.02 Å². The summed E-state index contributed by atoms with van der Waals surface area (Å²) in [7, 11) is 0. The number of halogens is 2. The Kier molecular flexibility index (Phi) is 4.82. The minimum atomic E-state index is -0.125. The van der Waals surface area contributed by atoms with Crippen LogP contribution < -0.4 is 5.32 Å². The monoisotopic (exact) mass is 385 g/mol. The molecule has 98 valence electrons. The van der Waals surface area contributed by atoms with E-state index in [-0.39, 0.29) is 11.9 Å². The zero-order valence-electron chi connectivity index (χ0n) is 10.4. The molecule has 0 heterocycles. The number of carbonyl (C=O) groups is 1. The Bertz CT molecular complexity index is 583. The quantitative estimate of drug-likeness (QED) is 0.778. The van der Waals surface area contributed by atoms with Gasteiger partial charge in [-0.1, -0.05) is 29.8 Å². The highest BCUT2D eigenvalue weighted by atomic mass is 127. The Labute approximate surface area is 131 Å². The van der Waals surface area contributed by atoms with Crippen LogP contribution in [-0.2, 0) is 0 Å². The van der Waals surface area contributed by atoms with Gasteiger partial charge < -0.3 is 5.32 Å². The molecule has 19 heavy (non-hydrogen) atoms. The summed E-state index contributed by atoms with van der Waals surface area (Å²) in [6, 6.07) is 14.9. The standard InChI is InChI=1S/C15H13ClINO/c1-10(13-4-2-3-5-14(13)16)18-15(19)11-6-8-12(17)9-7-11/h2-10H,1H3,(H,18,19). The van der Waals surface area contributed by atoms with Gasteiger partial charge in [-0.2, -0.15) is 0 Å². The smallest absolute Gasteiger partial charge is 0.251 e. The van der Waals surface area contributed by atoms with Gasteiger partial charge in [-0.05, 0) is 65.4 Å². The molecule has 0 radical (unpaired) electrons. The Morgan fingerprint density at radius 3 is 2.42 bits per heavy atom. The average molecular weight is 386 g/mol. The first-order valence-electron chi connectivity index (χ1n) is 5.89. The van der Waals surface area contributed by atoms with Crippen LogP contribution in [0.3, 0.4) is 0 Å². The topological polar surface area (TPSA) is 29.1 Å². The van der Waals surface area contributed by atoms with Gasteiger partial charge in [0, 0.05) is 14.2 Å². The van der Waals surface area contributed by atoms with Crippen LogP contribution in [-0.4, -0.2) is 5.91 Å². The first-order valence-corrected chi connectivity index (χ1v) is 7.34. The third-order valence-corrected chi connectivity index (χ3v) is 3.89. The molecule has 1 N–H and O–H groups in total. The number of nitrogens with one attached hydrogen (secondary N) is 1. The summed E-state index contributed by atoms with van der Waals surface area (Å²) in [5.41, 5.74) is 1.57. The van der Waals surface area contributed by atoms with E-state index < -0.39 is 0 Å². The molecular weight excluding hydrogens is 373 g/mol. The largest absolute Gasteiger partial charge is 0.345 e. The summed E-state index contributed by atoms with van der Waals surface area (Å²) < 4.78 is 1.10. The molecule has 1 unspecified atom stereocenters. The minimum absolute atomic E-state index is 0.0937. The van der Waals surface area contributed by atoms with Gasteiger partial charge in [0.2, 0.25) is 0 Å². The predicted molar refractivity (Wildman–Crippen MR) is 86.5 cm³/mol. The van der Waals surface area contributed by atoms with Crippen LogP contribution in [0.5, 0.6) is 0 Å². The lowest BCUT2D eigenvalue weighted by Crippen LogP contribution is -2.26. The van der Waals surface area contributed by atoms with Crippen LogP contribution >= 0.6 is 34.2 Å². The van der Waals surface area contributed by atoms with Crippen molar-refractivity contribution >= 4 is 40.1 Å². The molecule has 0 aliphatic rings. The highest BCUT2D eigenvalue weighted by Gasteiger charge is 2.13. The number of amides is 1. The fraction of sp³-hybridized carbons (Fsp3) is 0.133. The van der Waals surface area contributed by atoms with Crippen LogP contribution in [0, 0.1) is 3.57 Å². The molecule has 0 aliphatic carbocycles. The predicted octanol–water partition coefficient (Wildman–Crippen LogP) is 4.44. The normalized spacial score (nSPS) is 11.9. The molecule has 2 nitrogen and oxygen atoms in total. The van der Waals surface area contributed by atoms with Gasteiger partial charge in [-0.15, -0.1) is 0 Å². The second-order valence-electron chi connectivity index (χ2n) is 4.22. The molecule has 2 aromatic carbocycles. The van der Waals surface area contributed by atoms with Crippen molar-refractivity contribution in [3.05, 3.63) is 68.3 Å². The molecular formula is C15H13ClINO. The van der Waals surface area contributed by atoms with Gasteiger partial charge in [-0.3, -0.25) is 4.79 Å². The van der Waals surface area contributed by atoms with Crippen LogP contribution in [0.4, 0.5) is 0 Å². The molecule has 0 aliphatic heterocycles. The minimum Gasteiger partial charge on any atom is -0.345 e. The zero-order chi connectivity index (χ0) is 13.8. The first-order chi connectivity index (χ1) is 9.08. The number of benzene rings is 2. The highest BCUT2D eigenvalue weighted by Crippen LogP contribution is 2.22. The van der Waals surface area contributed by atoms with Crippen LogP contribution in [0.1, 0.15) is 28.9 Å². The van der Waals surface area contributed by atoms with Crippen LogP contribution in [0.25, 0.3) is 0 Å². The third-order valence-electron chi connectivity index (χ3n) is 2.83. The second-order valence-corrected chi connectivity index (χ2v) is 5.88. The molecule has 0 saturated carbocycles. The van der Waals surface area contributed by atoms with Gasteiger partial charge in [0.05, 0.1) is 6.04 Å². The summed E-state index contributed by atoms with van der Waals surface area (Å²) in [4.78, 5) is 12.1. The average Bonchev–Trinajstić information content (AvgIpc) is 2.39. The van der Waals surface area contributed by atoms with Crippen molar-refractivity contribution in [2.24, 2.45) is 0 Å². The van der Waals surface area contributed by atoms with Crippen molar-refractivity contribution < 1.29 is 4.79 Å². The van der Waals surface area contributed by atoms with E-state index in [0.717, 1.165) is 9.13 Å². The Balaban J connectivity index is 2.11. The van der Waals surface area contributed by atoms with Crippen molar-refractivity contribution in [1.29, 1.82) is 0 Å². The molecule has 0 spiro atoms. The number of rotatable bonds is 3. The van der Waals surface area contributed by atoms with Gasteiger partial charge in [0.15, 0.2) is 0 Å². The van der Waals surface area contributed by atoms with E-state index in [2.05, 4.69) is 27.9 Å². The molecule has 0 aromatic heterocycles. The Morgan fingerprint density at radius 2 is 1.79 bits per heavy atom. The fourth-order valence-electron chi connectivity index (χ4n) is 1.79. The fourth-order valence-corrected chi connectivity index (χ4v) is 2.44. The lowest BCUT2D eigenvalue weighted by molar-refractivity contribution is 0.0940. The Morgan fingerprint density at radius 1 is 1.16 bits per heavy atom. The molecule has 1 amide bonds. The van der Waals surface area contributed by atoms with Gasteiger partial charge >= 0.3 is 0 Å². The third kappa shape index (κ3) is 3.70. The lowest BCUT2D eigenvalue weighted by atomic mass is 10.1. The number of hydrogen-bond donors (Lipinski definition) is 1. The van der Waals surface area contributed by atoms with E-state index in [1.165, 1.54) is 0 Å². The maximum absolute atomic E-state index is 12.1. The molecule has 1 atom stereocenters. The summed E-state index contributed by atoms with van der Waals surface area (Å²) in [5, 5.41) is 3.61. The summed E-state index contributed by atoms with van der Waals surface area (Å²) >= 11 is 8.33. The van der Waals surface area contributed by atoms with E-state index in [4.69, 9.17) is 11.6 Å². The van der Waals surface area contributed by atoms with Crippen molar-refractivity contribution in [2.45, 2.75) is 13.0 Å². The van der Waals surface area contributed by atoms with E-state index in [1.807, 2.05) is 55.5 Å². The van der Waals surface area contributed by atoms with Crippen molar-refractivity contribution in [3.63, 3.8) is 0 Å². The molecule has 0 fully saturated rings. The van der Waals surface area contributed by atoms with Gasteiger partial charge in [0.1, 0.15) is 0 Å². The van der Waals surface area contributed by atoms with Crippen LogP contribution in [0.15, 0.2) is 48.5 Å². The molecule has 0 bridgehead atoms. The number of carbonyl (C=O) groups excluding carboxylic acids is 1. The maximum atomic E-state index is 12.1. The second kappa shape index (κ2) is 6.39. The first kappa shape index (κ1) is 14.3.